The van der Waals surface area contributed by atoms with Crippen LogP contribution in [0.3, 0.4) is 0 Å². The van der Waals surface area contributed by atoms with Crippen LogP contribution in [0.25, 0.3) is 10.6 Å². The summed E-state index contributed by atoms with van der Waals surface area (Å²) in [5.41, 5.74) is -0.483. The van der Waals surface area contributed by atoms with E-state index in [1.807, 2.05) is 20.8 Å². The van der Waals surface area contributed by atoms with Crippen LogP contribution in [0.15, 0.2) is 23.6 Å². The fourth-order valence-electron chi connectivity index (χ4n) is 1.61. The first-order chi connectivity index (χ1) is 9.09. The van der Waals surface area contributed by atoms with E-state index in [2.05, 4.69) is 4.98 Å². The second kappa shape index (κ2) is 4.84. The molecule has 0 aliphatic heterocycles. The van der Waals surface area contributed by atoms with Gasteiger partial charge in [-0.2, -0.15) is 13.2 Å². The van der Waals surface area contributed by atoms with Crippen LogP contribution < -0.4 is 0 Å². The van der Waals surface area contributed by atoms with E-state index < -0.39 is 17.6 Å². The molecule has 1 aromatic heterocycles. The zero-order valence-electron chi connectivity index (χ0n) is 11.2. The predicted octanol–water partition coefficient (Wildman–Crippen LogP) is 5.27. The van der Waals surface area contributed by atoms with E-state index in [0.717, 1.165) is 35.2 Å². The van der Waals surface area contributed by atoms with Crippen molar-refractivity contribution in [3.05, 3.63) is 40.7 Å². The van der Waals surface area contributed by atoms with Crippen molar-refractivity contribution in [2.45, 2.75) is 32.4 Å². The van der Waals surface area contributed by atoms with Crippen LogP contribution in [0.5, 0.6) is 0 Å². The monoisotopic (exact) mass is 303 g/mol. The summed E-state index contributed by atoms with van der Waals surface area (Å²) in [5.74, 6) is -0.701. The van der Waals surface area contributed by atoms with Crippen LogP contribution in [-0.2, 0) is 11.6 Å². The third kappa shape index (κ3) is 3.00. The van der Waals surface area contributed by atoms with Gasteiger partial charge in [0.2, 0.25) is 0 Å². The van der Waals surface area contributed by atoms with E-state index in [1.54, 1.807) is 5.38 Å². The van der Waals surface area contributed by atoms with E-state index in [9.17, 15) is 17.6 Å². The van der Waals surface area contributed by atoms with Crippen molar-refractivity contribution in [3.8, 4) is 10.6 Å². The first-order valence-corrected chi connectivity index (χ1v) is 6.80. The fraction of sp³-hybridized carbons (Fsp3) is 0.357. The van der Waals surface area contributed by atoms with Crippen LogP contribution in [0.1, 0.15) is 32.0 Å². The Kier molecular flexibility index (Phi) is 3.62. The van der Waals surface area contributed by atoms with Gasteiger partial charge in [-0.1, -0.05) is 20.8 Å². The zero-order valence-corrected chi connectivity index (χ0v) is 12.0. The molecule has 1 aromatic carbocycles. The first-order valence-electron chi connectivity index (χ1n) is 5.92. The summed E-state index contributed by atoms with van der Waals surface area (Å²) in [4.78, 5) is 4.25. The Morgan fingerprint density at radius 1 is 1.10 bits per heavy atom. The van der Waals surface area contributed by atoms with Gasteiger partial charge in [-0.05, 0) is 18.2 Å². The van der Waals surface area contributed by atoms with Crippen molar-refractivity contribution < 1.29 is 17.6 Å². The molecule has 0 N–H and O–H groups in total. The van der Waals surface area contributed by atoms with Crippen LogP contribution in [0.2, 0.25) is 0 Å². The highest BCUT2D eigenvalue weighted by Gasteiger charge is 2.31. The third-order valence-corrected chi connectivity index (χ3v) is 3.67. The summed E-state index contributed by atoms with van der Waals surface area (Å²) in [6.45, 7) is 5.82. The normalized spacial score (nSPS) is 12.8. The minimum absolute atomic E-state index is 0.111. The van der Waals surface area contributed by atoms with E-state index in [-0.39, 0.29) is 16.0 Å². The highest BCUT2D eigenvalue weighted by molar-refractivity contribution is 7.13. The van der Waals surface area contributed by atoms with Crippen LogP contribution in [-0.4, -0.2) is 4.98 Å². The predicted molar refractivity (Wildman–Crippen MR) is 71.2 cm³/mol. The Morgan fingerprint density at radius 3 is 2.25 bits per heavy atom. The lowest BCUT2D eigenvalue weighted by Crippen LogP contribution is -2.11. The molecule has 0 bridgehead atoms. The molecular weight excluding hydrogens is 290 g/mol. The Labute approximate surface area is 118 Å². The molecule has 0 aliphatic rings. The quantitative estimate of drug-likeness (QED) is 0.654. The Bertz CT molecular complexity index is 623. The SMILES string of the molecule is CC(C)(C)c1csc(-c2cc(C(F)(F)F)ccc2F)n1. The molecule has 0 spiro atoms. The number of hydrogen-bond donors (Lipinski definition) is 0. The standard InChI is InChI=1S/C14H13F4NS/c1-13(2,3)11-7-20-12(19-11)9-6-8(14(16,17)18)4-5-10(9)15/h4-7H,1-3H3. The van der Waals surface area contributed by atoms with E-state index in [1.165, 1.54) is 0 Å². The molecule has 0 radical (unpaired) electrons. The highest BCUT2D eigenvalue weighted by Crippen LogP contribution is 2.35. The lowest BCUT2D eigenvalue weighted by Gasteiger charge is -2.14. The van der Waals surface area contributed by atoms with E-state index in [0.29, 0.717) is 0 Å². The van der Waals surface area contributed by atoms with Gasteiger partial charge < -0.3 is 0 Å². The van der Waals surface area contributed by atoms with Gasteiger partial charge in [0, 0.05) is 16.4 Å². The molecule has 1 heterocycles. The average Bonchev–Trinajstić information content (AvgIpc) is 2.76. The third-order valence-electron chi connectivity index (χ3n) is 2.80. The maximum absolute atomic E-state index is 13.7. The maximum Gasteiger partial charge on any atom is 0.416 e. The number of aromatic nitrogens is 1. The van der Waals surface area contributed by atoms with Gasteiger partial charge >= 0.3 is 6.18 Å². The van der Waals surface area contributed by atoms with Gasteiger partial charge in [0.1, 0.15) is 10.8 Å². The fourth-order valence-corrected chi connectivity index (χ4v) is 2.67. The molecule has 0 aliphatic carbocycles. The van der Waals surface area contributed by atoms with E-state index in [4.69, 9.17) is 0 Å². The molecule has 20 heavy (non-hydrogen) atoms. The number of halogens is 4. The first kappa shape index (κ1) is 15.0. The number of nitrogens with zero attached hydrogens (tertiary/aromatic N) is 1. The van der Waals surface area contributed by atoms with Crippen LogP contribution in [0, 0.1) is 5.82 Å². The number of benzene rings is 1. The molecule has 0 saturated heterocycles. The Balaban J connectivity index is 2.50. The van der Waals surface area contributed by atoms with Crippen molar-refractivity contribution >= 4 is 11.3 Å². The van der Waals surface area contributed by atoms with E-state index >= 15 is 0 Å². The van der Waals surface area contributed by atoms with Crippen LogP contribution >= 0.6 is 11.3 Å². The molecular formula is C14H13F4NS. The summed E-state index contributed by atoms with van der Waals surface area (Å²) in [7, 11) is 0. The van der Waals surface area contributed by atoms with Crippen LogP contribution in [0.4, 0.5) is 17.6 Å². The van der Waals surface area contributed by atoms with Gasteiger partial charge in [-0.15, -0.1) is 11.3 Å². The van der Waals surface area contributed by atoms with Crippen molar-refractivity contribution in [2.24, 2.45) is 0 Å². The highest BCUT2D eigenvalue weighted by atomic mass is 32.1. The van der Waals surface area contributed by atoms with Gasteiger partial charge in [0.25, 0.3) is 0 Å². The summed E-state index contributed by atoms with van der Waals surface area (Å²) in [6.07, 6.45) is -4.49. The lowest BCUT2D eigenvalue weighted by molar-refractivity contribution is -0.137. The number of alkyl halides is 3. The second-order valence-electron chi connectivity index (χ2n) is 5.48. The van der Waals surface area contributed by atoms with Gasteiger partial charge in [-0.25, -0.2) is 9.37 Å². The number of thiazole rings is 1. The Morgan fingerprint density at radius 2 is 1.75 bits per heavy atom. The molecule has 0 saturated carbocycles. The lowest BCUT2D eigenvalue weighted by atomic mass is 9.93. The summed E-state index contributed by atoms with van der Waals surface area (Å²) >= 11 is 1.14. The molecule has 0 atom stereocenters. The molecule has 2 aromatic rings. The number of rotatable bonds is 1. The molecule has 0 unspecified atom stereocenters. The summed E-state index contributed by atoms with van der Waals surface area (Å²) in [5, 5.41) is 2.01. The van der Waals surface area contributed by atoms with Crippen molar-refractivity contribution in [3.63, 3.8) is 0 Å². The smallest absolute Gasteiger partial charge is 0.240 e. The topological polar surface area (TPSA) is 12.9 Å². The number of hydrogen-bond acceptors (Lipinski definition) is 2. The Hall–Kier alpha value is -1.43. The molecule has 0 amide bonds. The molecule has 1 nitrogen and oxygen atoms in total. The summed E-state index contributed by atoms with van der Waals surface area (Å²) < 4.78 is 51.8. The van der Waals surface area contributed by atoms with Crippen molar-refractivity contribution in [1.29, 1.82) is 0 Å². The van der Waals surface area contributed by atoms with Crippen molar-refractivity contribution in [1.82, 2.24) is 4.98 Å². The zero-order chi connectivity index (χ0) is 15.1. The molecule has 108 valence electrons. The van der Waals surface area contributed by atoms with Gasteiger partial charge in [-0.3, -0.25) is 0 Å². The molecule has 0 fully saturated rings. The minimum Gasteiger partial charge on any atom is -0.240 e. The average molecular weight is 303 g/mol. The molecule has 6 heteroatoms. The largest absolute Gasteiger partial charge is 0.416 e. The summed E-state index contributed by atoms with van der Waals surface area (Å²) in [6, 6.07) is 2.37. The minimum atomic E-state index is -4.49. The molecule has 2 rings (SSSR count). The second-order valence-corrected chi connectivity index (χ2v) is 6.34. The maximum atomic E-state index is 13.7. The van der Waals surface area contributed by atoms with Gasteiger partial charge in [0.15, 0.2) is 0 Å². The van der Waals surface area contributed by atoms with Gasteiger partial charge in [0.05, 0.1) is 11.3 Å². The van der Waals surface area contributed by atoms with Crippen molar-refractivity contribution in [2.75, 3.05) is 0 Å².